The van der Waals surface area contributed by atoms with Crippen LogP contribution in [0.4, 0.5) is 15.8 Å². The summed E-state index contributed by atoms with van der Waals surface area (Å²) >= 11 is 0. The summed E-state index contributed by atoms with van der Waals surface area (Å²) in [5.74, 6) is 0.0318. The zero-order valence-electron chi connectivity index (χ0n) is 9.85. The number of nitrogens with zero attached hydrogens (tertiary/aromatic N) is 2. The second kappa shape index (κ2) is 4.87. The highest BCUT2D eigenvalue weighted by Crippen LogP contribution is 2.16. The first-order chi connectivity index (χ1) is 8.56. The Balaban J connectivity index is 2.03. The molecule has 0 radical (unpaired) electrons. The van der Waals surface area contributed by atoms with Crippen molar-refractivity contribution in [2.24, 2.45) is 0 Å². The van der Waals surface area contributed by atoms with Gasteiger partial charge in [-0.25, -0.2) is 9.37 Å². The Kier molecular flexibility index (Phi) is 3.27. The second-order valence-electron chi connectivity index (χ2n) is 3.89. The molecule has 0 saturated carbocycles. The molecule has 1 aromatic carbocycles. The van der Waals surface area contributed by atoms with E-state index < -0.39 is 5.82 Å². The van der Waals surface area contributed by atoms with E-state index in [0.717, 1.165) is 5.82 Å². The minimum atomic E-state index is -0.501. The minimum Gasteiger partial charge on any atom is -0.396 e. The van der Waals surface area contributed by atoms with Crippen LogP contribution in [0, 0.1) is 12.7 Å². The molecule has 5 nitrogen and oxygen atoms in total. The molecule has 2 rings (SSSR count). The number of nitrogens with two attached hydrogens (primary N) is 1. The number of hydrogen-bond acceptors (Lipinski definition) is 3. The molecule has 0 aliphatic heterocycles. The lowest BCUT2D eigenvalue weighted by atomic mass is 10.2. The fourth-order valence-corrected chi connectivity index (χ4v) is 1.55. The molecular weight excluding hydrogens is 235 g/mol. The summed E-state index contributed by atoms with van der Waals surface area (Å²) in [5, 5.41) is 2.64. The van der Waals surface area contributed by atoms with E-state index in [1.54, 1.807) is 17.0 Å². The van der Waals surface area contributed by atoms with Gasteiger partial charge in [0.1, 0.15) is 18.2 Å². The van der Waals surface area contributed by atoms with Gasteiger partial charge < -0.3 is 15.6 Å². The third kappa shape index (κ3) is 2.65. The van der Waals surface area contributed by atoms with Gasteiger partial charge in [0.2, 0.25) is 5.91 Å². The van der Waals surface area contributed by atoms with Crippen molar-refractivity contribution in [2.75, 3.05) is 11.1 Å². The summed E-state index contributed by atoms with van der Waals surface area (Å²) < 4.78 is 14.7. The van der Waals surface area contributed by atoms with Crippen LogP contribution in [0.2, 0.25) is 0 Å². The first-order valence-electron chi connectivity index (χ1n) is 5.39. The molecule has 2 aromatic rings. The zero-order chi connectivity index (χ0) is 13.1. The van der Waals surface area contributed by atoms with Crippen LogP contribution in [0.3, 0.4) is 0 Å². The molecule has 0 saturated heterocycles. The number of carbonyl (C=O) groups is 1. The molecular formula is C12H13FN4O. The summed E-state index contributed by atoms with van der Waals surface area (Å²) in [5.41, 5.74) is 5.89. The third-order valence-corrected chi connectivity index (χ3v) is 2.52. The van der Waals surface area contributed by atoms with Gasteiger partial charge in [0.05, 0.1) is 5.69 Å². The van der Waals surface area contributed by atoms with Crippen LogP contribution in [-0.4, -0.2) is 15.5 Å². The SMILES string of the molecule is Cc1nccn1CC(=O)Nc1ccc(F)c(N)c1. The Morgan fingerprint density at radius 1 is 1.56 bits per heavy atom. The van der Waals surface area contributed by atoms with Crippen molar-refractivity contribution in [3.8, 4) is 0 Å². The van der Waals surface area contributed by atoms with Crippen LogP contribution in [0.15, 0.2) is 30.6 Å². The molecule has 0 bridgehead atoms. The van der Waals surface area contributed by atoms with Crippen LogP contribution in [0.5, 0.6) is 0 Å². The number of anilines is 2. The summed E-state index contributed by atoms with van der Waals surface area (Å²) in [6, 6.07) is 4.06. The number of nitrogens with one attached hydrogen (secondary N) is 1. The van der Waals surface area contributed by atoms with E-state index in [-0.39, 0.29) is 18.1 Å². The Hall–Kier alpha value is -2.37. The molecule has 1 amide bonds. The molecule has 0 spiro atoms. The van der Waals surface area contributed by atoms with E-state index in [9.17, 15) is 9.18 Å². The maximum absolute atomic E-state index is 12.9. The molecule has 3 N–H and O–H groups in total. The lowest BCUT2D eigenvalue weighted by molar-refractivity contribution is -0.116. The molecule has 18 heavy (non-hydrogen) atoms. The van der Waals surface area contributed by atoms with Crippen LogP contribution in [0.1, 0.15) is 5.82 Å². The quantitative estimate of drug-likeness (QED) is 0.809. The van der Waals surface area contributed by atoms with Crippen molar-refractivity contribution >= 4 is 17.3 Å². The lowest BCUT2D eigenvalue weighted by Crippen LogP contribution is -2.19. The van der Waals surface area contributed by atoms with Crippen LogP contribution in [0.25, 0.3) is 0 Å². The largest absolute Gasteiger partial charge is 0.396 e. The van der Waals surface area contributed by atoms with Crippen molar-refractivity contribution in [1.82, 2.24) is 9.55 Å². The van der Waals surface area contributed by atoms with Crippen molar-refractivity contribution in [3.05, 3.63) is 42.2 Å². The fourth-order valence-electron chi connectivity index (χ4n) is 1.55. The number of aryl methyl sites for hydroxylation is 1. The lowest BCUT2D eigenvalue weighted by Gasteiger charge is -2.08. The number of hydrogen-bond donors (Lipinski definition) is 2. The predicted molar refractivity (Wildman–Crippen MR) is 66.4 cm³/mol. The minimum absolute atomic E-state index is 0.00612. The molecule has 0 atom stereocenters. The Labute approximate surface area is 103 Å². The molecule has 0 fully saturated rings. The van der Waals surface area contributed by atoms with Gasteiger partial charge in [0, 0.05) is 18.1 Å². The van der Waals surface area contributed by atoms with Crippen LogP contribution < -0.4 is 11.1 Å². The smallest absolute Gasteiger partial charge is 0.244 e. The zero-order valence-corrected chi connectivity index (χ0v) is 9.85. The van der Waals surface area contributed by atoms with Gasteiger partial charge in [-0.15, -0.1) is 0 Å². The summed E-state index contributed by atoms with van der Waals surface area (Å²) in [4.78, 5) is 15.7. The molecule has 0 aliphatic carbocycles. The Morgan fingerprint density at radius 3 is 2.94 bits per heavy atom. The number of carbonyl (C=O) groups excluding carboxylic acids is 1. The normalized spacial score (nSPS) is 10.3. The fraction of sp³-hybridized carbons (Fsp3) is 0.167. The van der Waals surface area contributed by atoms with Crippen molar-refractivity contribution in [1.29, 1.82) is 0 Å². The second-order valence-corrected chi connectivity index (χ2v) is 3.89. The van der Waals surface area contributed by atoms with Crippen LogP contribution >= 0.6 is 0 Å². The van der Waals surface area contributed by atoms with Gasteiger partial charge >= 0.3 is 0 Å². The summed E-state index contributed by atoms with van der Waals surface area (Å²) in [6.45, 7) is 1.96. The number of aromatic nitrogens is 2. The molecule has 1 aromatic heterocycles. The van der Waals surface area contributed by atoms with E-state index in [2.05, 4.69) is 10.3 Å². The highest BCUT2D eigenvalue weighted by molar-refractivity contribution is 5.91. The number of rotatable bonds is 3. The first kappa shape index (κ1) is 12.1. The van der Waals surface area contributed by atoms with Crippen molar-refractivity contribution < 1.29 is 9.18 Å². The van der Waals surface area contributed by atoms with Gasteiger partial charge in [-0.3, -0.25) is 4.79 Å². The number of benzene rings is 1. The van der Waals surface area contributed by atoms with Gasteiger partial charge in [-0.1, -0.05) is 0 Å². The Bertz CT molecular complexity index is 579. The average Bonchev–Trinajstić information content (AvgIpc) is 2.70. The standard InChI is InChI=1S/C12H13FN4O/c1-8-15-4-5-17(8)7-12(18)16-9-2-3-10(13)11(14)6-9/h2-6H,7,14H2,1H3,(H,16,18). The highest BCUT2D eigenvalue weighted by Gasteiger charge is 2.06. The van der Waals surface area contributed by atoms with E-state index in [1.807, 2.05) is 6.92 Å². The highest BCUT2D eigenvalue weighted by atomic mass is 19.1. The summed E-state index contributed by atoms with van der Waals surface area (Å²) in [6.07, 6.45) is 3.34. The summed E-state index contributed by atoms with van der Waals surface area (Å²) in [7, 11) is 0. The van der Waals surface area contributed by atoms with Crippen molar-refractivity contribution in [3.63, 3.8) is 0 Å². The molecule has 0 unspecified atom stereocenters. The molecule has 94 valence electrons. The first-order valence-corrected chi connectivity index (χ1v) is 5.39. The van der Waals surface area contributed by atoms with E-state index in [4.69, 9.17) is 5.73 Å². The third-order valence-electron chi connectivity index (χ3n) is 2.52. The van der Waals surface area contributed by atoms with Crippen LogP contribution in [-0.2, 0) is 11.3 Å². The van der Waals surface area contributed by atoms with Gasteiger partial charge in [0.25, 0.3) is 0 Å². The maximum Gasteiger partial charge on any atom is 0.244 e. The molecule has 6 heteroatoms. The van der Waals surface area contributed by atoms with Crippen molar-refractivity contribution in [2.45, 2.75) is 13.5 Å². The topological polar surface area (TPSA) is 72.9 Å². The Morgan fingerprint density at radius 2 is 2.33 bits per heavy atom. The van der Waals surface area contributed by atoms with Gasteiger partial charge in [-0.2, -0.15) is 0 Å². The van der Waals surface area contributed by atoms with E-state index >= 15 is 0 Å². The number of nitrogen functional groups attached to an aromatic ring is 1. The van der Waals surface area contributed by atoms with Gasteiger partial charge in [0.15, 0.2) is 0 Å². The molecule has 0 aliphatic rings. The van der Waals surface area contributed by atoms with Gasteiger partial charge in [-0.05, 0) is 25.1 Å². The average molecular weight is 248 g/mol. The number of amides is 1. The maximum atomic E-state index is 12.9. The predicted octanol–water partition coefficient (Wildman–Crippen LogP) is 1.55. The molecule has 1 heterocycles. The number of imidazole rings is 1. The monoisotopic (exact) mass is 248 g/mol. The number of halogens is 1. The van der Waals surface area contributed by atoms with E-state index in [1.165, 1.54) is 18.2 Å². The van der Waals surface area contributed by atoms with E-state index in [0.29, 0.717) is 5.69 Å².